The van der Waals surface area contributed by atoms with Crippen LogP contribution in [0.5, 0.6) is 0 Å². The van der Waals surface area contributed by atoms with Crippen molar-refractivity contribution in [2.45, 2.75) is 44.2 Å². The van der Waals surface area contributed by atoms with E-state index >= 15 is 0 Å². The third-order valence-corrected chi connectivity index (χ3v) is 6.25. The summed E-state index contributed by atoms with van der Waals surface area (Å²) in [6, 6.07) is 7.70. The lowest BCUT2D eigenvalue weighted by Crippen LogP contribution is -2.28. The number of aromatic nitrogens is 2. The van der Waals surface area contributed by atoms with Gasteiger partial charge in [-0.25, -0.2) is 13.4 Å². The summed E-state index contributed by atoms with van der Waals surface area (Å²) in [6.07, 6.45) is 4.54. The quantitative estimate of drug-likeness (QED) is 0.839. The largest absolute Gasteiger partial charge is 0.327 e. The average Bonchev–Trinajstić information content (AvgIpc) is 3.27. The molecule has 140 valence electrons. The maximum absolute atomic E-state index is 12.5. The van der Waals surface area contributed by atoms with Crippen LogP contribution in [0.3, 0.4) is 0 Å². The second kappa shape index (κ2) is 7.59. The first-order chi connectivity index (χ1) is 12.4. The van der Waals surface area contributed by atoms with Crippen LogP contribution in [-0.4, -0.2) is 41.3 Å². The van der Waals surface area contributed by atoms with Crippen LogP contribution in [0, 0.1) is 0 Å². The van der Waals surface area contributed by atoms with Gasteiger partial charge in [-0.3, -0.25) is 4.79 Å². The van der Waals surface area contributed by atoms with Crippen molar-refractivity contribution in [3.05, 3.63) is 42.4 Å². The van der Waals surface area contributed by atoms with E-state index in [0.29, 0.717) is 24.7 Å². The van der Waals surface area contributed by atoms with Gasteiger partial charge in [-0.2, -0.15) is 4.31 Å². The molecule has 1 aliphatic heterocycles. The summed E-state index contributed by atoms with van der Waals surface area (Å²) in [5, 5.41) is 2.81. The highest BCUT2D eigenvalue weighted by atomic mass is 32.2. The summed E-state index contributed by atoms with van der Waals surface area (Å²) in [7, 11) is -3.56. The number of imidazole rings is 1. The van der Waals surface area contributed by atoms with Crippen LogP contribution in [-0.2, 0) is 21.4 Å². The molecule has 8 heteroatoms. The summed E-state index contributed by atoms with van der Waals surface area (Å²) >= 11 is 0. The van der Waals surface area contributed by atoms with Crippen molar-refractivity contribution in [2.75, 3.05) is 18.4 Å². The molecule has 1 aromatic carbocycles. The molecule has 0 saturated carbocycles. The van der Waals surface area contributed by atoms with Crippen molar-refractivity contribution >= 4 is 21.6 Å². The molecule has 2 aromatic rings. The molecule has 0 aliphatic carbocycles. The van der Waals surface area contributed by atoms with Crippen LogP contribution in [0.2, 0.25) is 0 Å². The van der Waals surface area contributed by atoms with Crippen LogP contribution in [0.25, 0.3) is 0 Å². The van der Waals surface area contributed by atoms with Gasteiger partial charge in [-0.05, 0) is 36.5 Å². The Labute approximate surface area is 154 Å². The van der Waals surface area contributed by atoms with Gasteiger partial charge in [-0.15, -0.1) is 0 Å². The molecule has 0 bridgehead atoms. The van der Waals surface area contributed by atoms with Gasteiger partial charge >= 0.3 is 0 Å². The zero-order valence-corrected chi connectivity index (χ0v) is 15.9. The Kier molecular flexibility index (Phi) is 5.43. The van der Waals surface area contributed by atoms with E-state index in [1.807, 2.05) is 24.3 Å². The molecule has 0 spiro atoms. The summed E-state index contributed by atoms with van der Waals surface area (Å²) < 4.78 is 27.8. The lowest BCUT2D eigenvalue weighted by atomic mass is 10.0. The van der Waals surface area contributed by atoms with Crippen LogP contribution in [0.15, 0.2) is 41.8 Å². The van der Waals surface area contributed by atoms with Crippen molar-refractivity contribution in [2.24, 2.45) is 0 Å². The van der Waals surface area contributed by atoms with Gasteiger partial charge in [-0.1, -0.05) is 26.0 Å². The molecule has 0 atom stereocenters. The SMILES string of the molecule is CC(C)c1ccc(NC(=O)Cn2cnc(S(=O)(=O)N3CCCC3)c2)cc1. The lowest BCUT2D eigenvalue weighted by Gasteiger charge is -2.12. The smallest absolute Gasteiger partial charge is 0.262 e. The summed E-state index contributed by atoms with van der Waals surface area (Å²) in [6.45, 7) is 5.29. The minimum Gasteiger partial charge on any atom is -0.327 e. The van der Waals surface area contributed by atoms with E-state index in [2.05, 4.69) is 24.1 Å². The molecule has 3 rings (SSSR count). The van der Waals surface area contributed by atoms with E-state index in [1.165, 1.54) is 27.0 Å². The molecule has 1 amide bonds. The first kappa shape index (κ1) is 18.6. The minimum absolute atomic E-state index is 0.00603. The van der Waals surface area contributed by atoms with Gasteiger partial charge in [0.25, 0.3) is 10.0 Å². The van der Waals surface area contributed by atoms with Crippen LogP contribution in [0.4, 0.5) is 5.69 Å². The number of sulfonamides is 1. The average molecular weight is 376 g/mol. The predicted molar refractivity (Wildman–Crippen MR) is 99.4 cm³/mol. The Morgan fingerprint density at radius 2 is 1.85 bits per heavy atom. The Hall–Kier alpha value is -2.19. The monoisotopic (exact) mass is 376 g/mol. The Morgan fingerprint density at radius 1 is 1.19 bits per heavy atom. The number of nitrogens with zero attached hydrogens (tertiary/aromatic N) is 3. The molecule has 2 heterocycles. The number of carbonyl (C=O) groups is 1. The highest BCUT2D eigenvalue weighted by molar-refractivity contribution is 7.89. The van der Waals surface area contributed by atoms with Gasteiger partial charge < -0.3 is 9.88 Å². The number of carbonyl (C=O) groups excluding carboxylic acids is 1. The van der Waals surface area contributed by atoms with Crippen LogP contribution in [0.1, 0.15) is 38.2 Å². The summed E-state index contributed by atoms with van der Waals surface area (Å²) in [4.78, 5) is 16.2. The van der Waals surface area contributed by atoms with Crippen LogP contribution < -0.4 is 5.32 Å². The zero-order valence-electron chi connectivity index (χ0n) is 15.1. The van der Waals surface area contributed by atoms with Gasteiger partial charge in [0.15, 0.2) is 5.03 Å². The fraction of sp³-hybridized carbons (Fsp3) is 0.444. The minimum atomic E-state index is -3.56. The second-order valence-corrected chi connectivity index (χ2v) is 8.71. The number of benzene rings is 1. The molecule has 1 N–H and O–H groups in total. The number of anilines is 1. The first-order valence-corrected chi connectivity index (χ1v) is 10.2. The number of amides is 1. The van der Waals surface area contributed by atoms with Gasteiger partial charge in [0.05, 0.1) is 6.33 Å². The van der Waals surface area contributed by atoms with E-state index in [1.54, 1.807) is 0 Å². The Morgan fingerprint density at radius 3 is 2.46 bits per heavy atom. The number of hydrogen-bond donors (Lipinski definition) is 1. The summed E-state index contributed by atoms with van der Waals surface area (Å²) in [5.74, 6) is 0.200. The van der Waals surface area contributed by atoms with E-state index in [9.17, 15) is 13.2 Å². The molecular formula is C18H24N4O3S. The zero-order chi connectivity index (χ0) is 18.7. The Balaban J connectivity index is 1.62. The van der Waals surface area contributed by atoms with Gasteiger partial charge in [0.1, 0.15) is 6.54 Å². The fourth-order valence-electron chi connectivity index (χ4n) is 2.94. The van der Waals surface area contributed by atoms with E-state index in [0.717, 1.165) is 12.8 Å². The van der Waals surface area contributed by atoms with Crippen molar-refractivity contribution < 1.29 is 13.2 Å². The number of rotatable bonds is 6. The van der Waals surface area contributed by atoms with Crippen LogP contribution >= 0.6 is 0 Å². The first-order valence-electron chi connectivity index (χ1n) is 8.78. The predicted octanol–water partition coefficient (Wildman–Crippen LogP) is 2.43. The van der Waals surface area contributed by atoms with E-state index in [-0.39, 0.29) is 17.5 Å². The molecular weight excluding hydrogens is 352 g/mol. The molecule has 1 aromatic heterocycles. The molecule has 1 saturated heterocycles. The highest BCUT2D eigenvalue weighted by Gasteiger charge is 2.29. The van der Waals surface area contributed by atoms with Crippen molar-refractivity contribution in [3.63, 3.8) is 0 Å². The third kappa shape index (κ3) is 4.13. The molecule has 26 heavy (non-hydrogen) atoms. The fourth-order valence-corrected chi connectivity index (χ4v) is 4.39. The van der Waals surface area contributed by atoms with Gasteiger partial charge in [0.2, 0.25) is 5.91 Å². The van der Waals surface area contributed by atoms with Crippen molar-refractivity contribution in [1.82, 2.24) is 13.9 Å². The maximum atomic E-state index is 12.5. The van der Waals surface area contributed by atoms with Gasteiger partial charge in [0, 0.05) is 25.0 Å². The molecule has 1 fully saturated rings. The topological polar surface area (TPSA) is 84.3 Å². The standard InChI is InChI=1S/C18H24N4O3S/c1-14(2)15-5-7-16(8-6-15)20-17(23)11-21-12-18(19-13-21)26(24,25)22-9-3-4-10-22/h5-8,12-14H,3-4,9-11H2,1-2H3,(H,20,23). The molecule has 7 nitrogen and oxygen atoms in total. The maximum Gasteiger partial charge on any atom is 0.262 e. The van der Waals surface area contributed by atoms with E-state index < -0.39 is 10.0 Å². The van der Waals surface area contributed by atoms with Crippen molar-refractivity contribution in [3.8, 4) is 0 Å². The number of nitrogens with one attached hydrogen (secondary N) is 1. The van der Waals surface area contributed by atoms with Crippen molar-refractivity contribution in [1.29, 1.82) is 0 Å². The molecule has 1 aliphatic rings. The number of hydrogen-bond acceptors (Lipinski definition) is 4. The van der Waals surface area contributed by atoms with E-state index in [4.69, 9.17) is 0 Å². The summed E-state index contributed by atoms with van der Waals surface area (Å²) in [5.41, 5.74) is 1.92. The molecule has 0 unspecified atom stereocenters. The lowest BCUT2D eigenvalue weighted by molar-refractivity contribution is -0.116. The third-order valence-electron chi connectivity index (χ3n) is 4.47. The Bertz CT molecular complexity index is 866. The molecule has 0 radical (unpaired) electrons. The normalized spacial score (nSPS) is 15.5. The second-order valence-electron chi connectivity index (χ2n) is 6.82. The highest BCUT2D eigenvalue weighted by Crippen LogP contribution is 2.19.